The Balaban J connectivity index is 1.73. The average Bonchev–Trinajstić information content (AvgIpc) is 3.14. The van der Waals surface area contributed by atoms with Gasteiger partial charge in [0.1, 0.15) is 11.3 Å². The Kier molecular flexibility index (Phi) is 5.12. The first-order valence-corrected chi connectivity index (χ1v) is 9.08. The fraction of sp³-hybridized carbons (Fsp3) is 0.0833. The van der Waals surface area contributed by atoms with Crippen LogP contribution in [0.25, 0.3) is 16.7 Å². The Morgan fingerprint density at radius 1 is 0.897 bits per heavy atom. The highest BCUT2D eigenvalue weighted by Crippen LogP contribution is 2.31. The molecule has 1 aliphatic heterocycles. The van der Waals surface area contributed by atoms with Crippen molar-refractivity contribution in [2.45, 2.75) is 0 Å². The van der Waals surface area contributed by atoms with Gasteiger partial charge in [-0.1, -0.05) is 60.7 Å². The lowest BCUT2D eigenvalue weighted by Crippen LogP contribution is -2.09. The summed E-state index contributed by atoms with van der Waals surface area (Å²) in [6, 6.07) is 23.8. The summed E-state index contributed by atoms with van der Waals surface area (Å²) in [6.45, 7) is -0.0839. The van der Waals surface area contributed by atoms with Crippen molar-refractivity contribution in [1.29, 1.82) is 0 Å². The zero-order chi connectivity index (χ0) is 20.2. The van der Waals surface area contributed by atoms with E-state index in [4.69, 9.17) is 14.2 Å². The second-order valence-electron chi connectivity index (χ2n) is 6.41. The predicted octanol–water partition coefficient (Wildman–Crippen LogP) is 4.49. The molecule has 0 saturated heterocycles. The highest BCUT2D eigenvalue weighted by Gasteiger charge is 2.30. The molecule has 0 saturated carbocycles. The van der Waals surface area contributed by atoms with E-state index in [-0.39, 0.29) is 17.9 Å². The van der Waals surface area contributed by atoms with E-state index in [1.54, 1.807) is 24.3 Å². The molecule has 0 fully saturated rings. The molecule has 0 unspecified atom stereocenters. The van der Waals surface area contributed by atoms with E-state index in [0.29, 0.717) is 22.4 Å². The minimum atomic E-state index is -0.579. The zero-order valence-electron chi connectivity index (χ0n) is 15.8. The number of esters is 2. The number of rotatable bonds is 5. The summed E-state index contributed by atoms with van der Waals surface area (Å²) < 4.78 is 16.0. The molecule has 29 heavy (non-hydrogen) atoms. The minimum Gasteiger partial charge on any atom is -0.497 e. The molecule has 3 aromatic carbocycles. The number of carbonyl (C=O) groups is 2. The molecule has 0 aromatic heterocycles. The first-order valence-electron chi connectivity index (χ1n) is 9.08. The van der Waals surface area contributed by atoms with Crippen LogP contribution in [-0.4, -0.2) is 25.7 Å². The molecule has 0 amide bonds. The summed E-state index contributed by atoms with van der Waals surface area (Å²) in [5.74, 6) is -0.349. The Labute approximate surface area is 168 Å². The SMILES string of the molecule is COc1ccc(-c2ccccc2)c(C(=O)OC2=C(c3ccccc3)C(=O)OC2)c1. The van der Waals surface area contributed by atoms with Crippen LogP contribution in [-0.2, 0) is 14.3 Å². The molecule has 0 spiro atoms. The van der Waals surface area contributed by atoms with Gasteiger partial charge in [-0.15, -0.1) is 0 Å². The standard InChI is InChI=1S/C24H18O5/c1-27-18-12-13-19(16-8-4-2-5-9-16)20(14-18)23(25)29-21-15-28-24(26)22(21)17-10-6-3-7-11-17/h2-14H,15H2,1H3. The topological polar surface area (TPSA) is 61.8 Å². The van der Waals surface area contributed by atoms with Crippen molar-refractivity contribution >= 4 is 17.5 Å². The van der Waals surface area contributed by atoms with Crippen LogP contribution in [0.3, 0.4) is 0 Å². The molecule has 5 nitrogen and oxygen atoms in total. The van der Waals surface area contributed by atoms with Gasteiger partial charge in [0.25, 0.3) is 0 Å². The maximum absolute atomic E-state index is 13.1. The van der Waals surface area contributed by atoms with Crippen LogP contribution in [0.1, 0.15) is 15.9 Å². The summed E-state index contributed by atoms with van der Waals surface area (Å²) in [5, 5.41) is 0. The number of hydrogen-bond acceptors (Lipinski definition) is 5. The number of hydrogen-bond donors (Lipinski definition) is 0. The third-order valence-corrected chi connectivity index (χ3v) is 4.63. The van der Waals surface area contributed by atoms with Gasteiger partial charge in [0.05, 0.1) is 12.7 Å². The van der Waals surface area contributed by atoms with Crippen LogP contribution in [0.5, 0.6) is 5.75 Å². The van der Waals surface area contributed by atoms with Crippen molar-refractivity contribution in [3.63, 3.8) is 0 Å². The van der Waals surface area contributed by atoms with E-state index in [2.05, 4.69) is 0 Å². The Morgan fingerprint density at radius 2 is 1.55 bits per heavy atom. The lowest BCUT2D eigenvalue weighted by atomic mass is 9.99. The van der Waals surface area contributed by atoms with E-state index in [1.807, 2.05) is 54.6 Å². The number of cyclic esters (lactones) is 1. The van der Waals surface area contributed by atoms with Gasteiger partial charge < -0.3 is 14.2 Å². The molecule has 1 aliphatic rings. The quantitative estimate of drug-likeness (QED) is 0.605. The number of ether oxygens (including phenoxy) is 3. The molecular formula is C24H18O5. The van der Waals surface area contributed by atoms with Gasteiger partial charge in [0.2, 0.25) is 0 Å². The van der Waals surface area contributed by atoms with Gasteiger partial charge >= 0.3 is 11.9 Å². The molecular weight excluding hydrogens is 368 g/mol. The molecule has 4 rings (SSSR count). The molecule has 5 heteroatoms. The van der Waals surface area contributed by atoms with Crippen LogP contribution >= 0.6 is 0 Å². The van der Waals surface area contributed by atoms with Crippen molar-refractivity contribution in [2.24, 2.45) is 0 Å². The molecule has 144 valence electrons. The van der Waals surface area contributed by atoms with Gasteiger partial charge in [-0.05, 0) is 34.9 Å². The largest absolute Gasteiger partial charge is 0.497 e. The zero-order valence-corrected chi connectivity index (χ0v) is 15.8. The summed E-state index contributed by atoms with van der Waals surface area (Å²) in [7, 11) is 1.53. The highest BCUT2D eigenvalue weighted by molar-refractivity contribution is 6.19. The van der Waals surface area contributed by atoms with E-state index in [1.165, 1.54) is 7.11 Å². The normalized spacial score (nSPS) is 13.2. The predicted molar refractivity (Wildman–Crippen MR) is 108 cm³/mol. The lowest BCUT2D eigenvalue weighted by molar-refractivity contribution is -0.134. The van der Waals surface area contributed by atoms with E-state index in [9.17, 15) is 9.59 Å². The third kappa shape index (κ3) is 3.75. The fourth-order valence-electron chi connectivity index (χ4n) is 3.21. The Bertz CT molecular complexity index is 1080. The monoisotopic (exact) mass is 386 g/mol. The molecule has 0 bridgehead atoms. The van der Waals surface area contributed by atoms with Crippen molar-refractivity contribution in [1.82, 2.24) is 0 Å². The first-order chi connectivity index (χ1) is 14.2. The molecule has 3 aromatic rings. The first kappa shape index (κ1) is 18.5. The Morgan fingerprint density at radius 3 is 2.21 bits per heavy atom. The van der Waals surface area contributed by atoms with E-state index in [0.717, 1.165) is 5.56 Å². The Hall–Kier alpha value is -3.86. The molecule has 0 aliphatic carbocycles. The smallest absolute Gasteiger partial charge is 0.344 e. The number of methoxy groups -OCH3 is 1. The highest BCUT2D eigenvalue weighted by atomic mass is 16.6. The molecule has 0 atom stereocenters. The maximum atomic E-state index is 13.1. The maximum Gasteiger partial charge on any atom is 0.344 e. The van der Waals surface area contributed by atoms with Crippen molar-refractivity contribution in [3.8, 4) is 16.9 Å². The van der Waals surface area contributed by atoms with Crippen molar-refractivity contribution in [3.05, 3.63) is 95.7 Å². The second-order valence-corrected chi connectivity index (χ2v) is 6.41. The van der Waals surface area contributed by atoms with Gasteiger partial charge in [0, 0.05) is 0 Å². The molecule has 0 radical (unpaired) electrons. The second kappa shape index (κ2) is 8.02. The van der Waals surface area contributed by atoms with Crippen molar-refractivity contribution in [2.75, 3.05) is 13.7 Å². The van der Waals surface area contributed by atoms with Crippen LogP contribution in [0.15, 0.2) is 84.6 Å². The number of benzene rings is 3. The van der Waals surface area contributed by atoms with Gasteiger partial charge in [-0.25, -0.2) is 9.59 Å². The summed E-state index contributed by atoms with van der Waals surface area (Å²) in [6.07, 6.45) is 0. The molecule has 1 heterocycles. The van der Waals surface area contributed by atoms with Crippen molar-refractivity contribution < 1.29 is 23.8 Å². The summed E-state index contributed by atoms with van der Waals surface area (Å²) >= 11 is 0. The average molecular weight is 386 g/mol. The van der Waals surface area contributed by atoms with E-state index >= 15 is 0 Å². The van der Waals surface area contributed by atoms with Crippen LogP contribution in [0.2, 0.25) is 0 Å². The molecule has 0 N–H and O–H groups in total. The third-order valence-electron chi connectivity index (χ3n) is 4.63. The van der Waals surface area contributed by atoms with Crippen LogP contribution in [0.4, 0.5) is 0 Å². The van der Waals surface area contributed by atoms with Gasteiger partial charge in [-0.3, -0.25) is 0 Å². The van der Waals surface area contributed by atoms with Gasteiger partial charge in [0.15, 0.2) is 12.4 Å². The lowest BCUT2D eigenvalue weighted by Gasteiger charge is -2.12. The number of carbonyl (C=O) groups excluding carboxylic acids is 2. The van der Waals surface area contributed by atoms with E-state index < -0.39 is 11.9 Å². The van der Waals surface area contributed by atoms with Crippen LogP contribution < -0.4 is 4.74 Å². The summed E-state index contributed by atoms with van der Waals surface area (Å²) in [5.41, 5.74) is 2.84. The fourth-order valence-corrected chi connectivity index (χ4v) is 3.21. The summed E-state index contributed by atoms with van der Waals surface area (Å²) in [4.78, 5) is 25.3. The van der Waals surface area contributed by atoms with Crippen LogP contribution in [0, 0.1) is 0 Å². The minimum absolute atomic E-state index is 0.0839. The van der Waals surface area contributed by atoms with Gasteiger partial charge in [-0.2, -0.15) is 0 Å².